The van der Waals surface area contributed by atoms with Crippen molar-refractivity contribution in [2.24, 2.45) is 12.8 Å². The van der Waals surface area contributed by atoms with E-state index in [1.807, 2.05) is 26.0 Å². The zero-order valence-electron chi connectivity index (χ0n) is 11.5. The van der Waals surface area contributed by atoms with Crippen LogP contribution in [-0.4, -0.2) is 21.3 Å². The predicted octanol–water partition coefficient (Wildman–Crippen LogP) is 0.796. The van der Waals surface area contributed by atoms with Gasteiger partial charge in [0.25, 0.3) is 5.56 Å². The van der Waals surface area contributed by atoms with Crippen LogP contribution in [0.3, 0.4) is 0 Å². The van der Waals surface area contributed by atoms with Crippen molar-refractivity contribution in [1.29, 1.82) is 0 Å². The summed E-state index contributed by atoms with van der Waals surface area (Å²) in [5.74, 6) is 0.716. The highest BCUT2D eigenvalue weighted by Gasteiger charge is 2.15. The fourth-order valence-electron chi connectivity index (χ4n) is 2.29. The smallest absolute Gasteiger partial charge is 0.261 e. The summed E-state index contributed by atoms with van der Waals surface area (Å²) in [7, 11) is 1.72. The first kappa shape index (κ1) is 13.7. The molecule has 0 fully saturated rings. The summed E-state index contributed by atoms with van der Waals surface area (Å²) < 4.78 is 1.57. The molecule has 5 nitrogen and oxygen atoms in total. The minimum Gasteiger partial charge on any atom is -0.394 e. The Kier molecular flexibility index (Phi) is 3.68. The molecule has 5 heteroatoms. The van der Waals surface area contributed by atoms with Gasteiger partial charge in [-0.3, -0.25) is 9.36 Å². The molecule has 0 aliphatic rings. The summed E-state index contributed by atoms with van der Waals surface area (Å²) in [5.41, 5.74) is 8.11. The van der Waals surface area contributed by atoms with Gasteiger partial charge >= 0.3 is 0 Å². The average Bonchev–Trinajstić information content (AvgIpc) is 2.41. The standard InChI is InChI=1S/C14H19N3O2/c1-4-12-16-13-9(11(15)7-18)5-8(2)6-10(13)14(19)17(12)3/h5-6,11,18H,4,7,15H2,1-3H3/t11-/m1/s1. The lowest BCUT2D eigenvalue weighted by atomic mass is 10.0. The molecule has 0 radical (unpaired) electrons. The molecule has 3 N–H and O–H groups in total. The van der Waals surface area contributed by atoms with E-state index in [1.165, 1.54) is 0 Å². The van der Waals surface area contributed by atoms with E-state index in [0.29, 0.717) is 23.1 Å². The van der Waals surface area contributed by atoms with E-state index in [2.05, 4.69) is 4.98 Å². The SMILES string of the molecule is CCc1nc2c([C@H](N)CO)cc(C)cc2c(=O)n1C. The highest BCUT2D eigenvalue weighted by Crippen LogP contribution is 2.21. The number of hydrogen-bond acceptors (Lipinski definition) is 4. The Morgan fingerprint density at radius 3 is 2.74 bits per heavy atom. The first-order chi connectivity index (χ1) is 8.99. The first-order valence-corrected chi connectivity index (χ1v) is 6.36. The molecule has 1 aromatic carbocycles. The average molecular weight is 261 g/mol. The van der Waals surface area contributed by atoms with Gasteiger partial charge in [-0.1, -0.05) is 13.0 Å². The normalized spacial score (nSPS) is 12.9. The summed E-state index contributed by atoms with van der Waals surface area (Å²) in [4.78, 5) is 16.9. The summed E-state index contributed by atoms with van der Waals surface area (Å²) in [6.07, 6.45) is 0.670. The topological polar surface area (TPSA) is 81.1 Å². The van der Waals surface area contributed by atoms with E-state index in [1.54, 1.807) is 11.6 Å². The number of rotatable bonds is 3. The number of aliphatic hydroxyl groups is 1. The minimum absolute atomic E-state index is 0.0723. The van der Waals surface area contributed by atoms with Crippen LogP contribution in [0.2, 0.25) is 0 Å². The third kappa shape index (κ3) is 2.27. The molecule has 0 spiro atoms. The second-order valence-electron chi connectivity index (χ2n) is 4.79. The van der Waals surface area contributed by atoms with Gasteiger partial charge in [0.2, 0.25) is 0 Å². The Bertz CT molecular complexity index is 676. The number of nitrogens with zero attached hydrogens (tertiary/aromatic N) is 2. The summed E-state index contributed by atoms with van der Waals surface area (Å²) >= 11 is 0. The summed E-state index contributed by atoms with van der Waals surface area (Å²) in [5, 5.41) is 9.81. The molecule has 1 aromatic heterocycles. The van der Waals surface area contributed by atoms with Crippen LogP contribution in [0.4, 0.5) is 0 Å². The fourth-order valence-corrected chi connectivity index (χ4v) is 2.29. The van der Waals surface area contributed by atoms with Crippen LogP contribution >= 0.6 is 0 Å². The van der Waals surface area contributed by atoms with Gasteiger partial charge in [-0.2, -0.15) is 0 Å². The fraction of sp³-hybridized carbons (Fsp3) is 0.429. The van der Waals surface area contributed by atoms with Crippen molar-refractivity contribution in [2.75, 3.05) is 6.61 Å². The van der Waals surface area contributed by atoms with Crippen LogP contribution in [0.1, 0.15) is 29.9 Å². The Balaban J connectivity index is 2.91. The predicted molar refractivity (Wildman–Crippen MR) is 75.1 cm³/mol. The van der Waals surface area contributed by atoms with Crippen molar-refractivity contribution >= 4 is 10.9 Å². The van der Waals surface area contributed by atoms with Gasteiger partial charge in [-0.15, -0.1) is 0 Å². The molecule has 0 saturated carbocycles. The number of aryl methyl sites for hydroxylation is 2. The van der Waals surface area contributed by atoms with Crippen LogP contribution in [-0.2, 0) is 13.5 Å². The maximum absolute atomic E-state index is 12.3. The van der Waals surface area contributed by atoms with Crippen molar-refractivity contribution < 1.29 is 5.11 Å². The second-order valence-corrected chi connectivity index (χ2v) is 4.79. The van der Waals surface area contributed by atoms with Crippen LogP contribution in [0.5, 0.6) is 0 Å². The maximum Gasteiger partial charge on any atom is 0.261 e. The lowest BCUT2D eigenvalue weighted by Crippen LogP contribution is -2.24. The van der Waals surface area contributed by atoms with Gasteiger partial charge in [0.15, 0.2) is 0 Å². The molecule has 0 amide bonds. The van der Waals surface area contributed by atoms with Crippen LogP contribution < -0.4 is 11.3 Å². The number of aliphatic hydroxyl groups excluding tert-OH is 1. The molecule has 0 unspecified atom stereocenters. The quantitative estimate of drug-likeness (QED) is 0.856. The van der Waals surface area contributed by atoms with Gasteiger partial charge in [-0.25, -0.2) is 4.98 Å². The van der Waals surface area contributed by atoms with Crippen LogP contribution in [0.15, 0.2) is 16.9 Å². The van der Waals surface area contributed by atoms with Crippen LogP contribution in [0, 0.1) is 6.92 Å². The first-order valence-electron chi connectivity index (χ1n) is 6.36. The van der Waals surface area contributed by atoms with Gasteiger partial charge in [-0.05, 0) is 24.1 Å². The van der Waals surface area contributed by atoms with E-state index >= 15 is 0 Å². The molecule has 0 aliphatic carbocycles. The van der Waals surface area contributed by atoms with E-state index in [0.717, 1.165) is 11.1 Å². The number of fused-ring (bicyclic) bond motifs is 1. The Morgan fingerprint density at radius 2 is 2.16 bits per heavy atom. The minimum atomic E-state index is -0.522. The largest absolute Gasteiger partial charge is 0.394 e. The maximum atomic E-state index is 12.3. The van der Waals surface area contributed by atoms with Gasteiger partial charge in [0.1, 0.15) is 5.82 Å². The van der Waals surface area contributed by atoms with Crippen molar-refractivity contribution in [2.45, 2.75) is 26.3 Å². The highest BCUT2D eigenvalue weighted by molar-refractivity contribution is 5.82. The van der Waals surface area contributed by atoms with Crippen molar-refractivity contribution in [3.8, 4) is 0 Å². The van der Waals surface area contributed by atoms with E-state index in [9.17, 15) is 9.90 Å². The number of hydrogen-bond donors (Lipinski definition) is 2. The number of nitrogens with two attached hydrogens (primary N) is 1. The van der Waals surface area contributed by atoms with E-state index in [4.69, 9.17) is 5.73 Å². The Hall–Kier alpha value is -1.72. The highest BCUT2D eigenvalue weighted by atomic mass is 16.3. The van der Waals surface area contributed by atoms with Crippen molar-refractivity contribution in [3.63, 3.8) is 0 Å². The molecule has 2 aromatic rings. The van der Waals surface area contributed by atoms with Gasteiger partial charge in [0.05, 0.1) is 23.6 Å². The van der Waals surface area contributed by atoms with Gasteiger partial charge in [0, 0.05) is 13.5 Å². The molecule has 102 valence electrons. The van der Waals surface area contributed by atoms with Crippen LogP contribution in [0.25, 0.3) is 10.9 Å². The molecule has 0 aliphatic heterocycles. The number of benzene rings is 1. The van der Waals surface area contributed by atoms with E-state index in [-0.39, 0.29) is 12.2 Å². The van der Waals surface area contributed by atoms with Crippen molar-refractivity contribution in [3.05, 3.63) is 39.4 Å². The van der Waals surface area contributed by atoms with Crippen molar-refractivity contribution in [1.82, 2.24) is 9.55 Å². The molecular weight excluding hydrogens is 242 g/mol. The molecule has 1 heterocycles. The summed E-state index contributed by atoms with van der Waals surface area (Å²) in [6, 6.07) is 3.18. The monoisotopic (exact) mass is 261 g/mol. The molecule has 0 bridgehead atoms. The molecule has 2 rings (SSSR count). The Morgan fingerprint density at radius 1 is 1.47 bits per heavy atom. The molecule has 19 heavy (non-hydrogen) atoms. The van der Waals surface area contributed by atoms with E-state index < -0.39 is 6.04 Å². The lowest BCUT2D eigenvalue weighted by Gasteiger charge is -2.15. The van der Waals surface area contributed by atoms with Gasteiger partial charge < -0.3 is 10.8 Å². The Labute approximate surface area is 111 Å². The second kappa shape index (κ2) is 5.11. The molecule has 1 atom stereocenters. The summed E-state index contributed by atoms with van der Waals surface area (Å²) in [6.45, 7) is 3.69. The third-order valence-electron chi connectivity index (χ3n) is 3.36. The lowest BCUT2D eigenvalue weighted by molar-refractivity contribution is 0.268. The third-order valence-corrected chi connectivity index (χ3v) is 3.36. The molecular formula is C14H19N3O2. The zero-order valence-corrected chi connectivity index (χ0v) is 11.5. The number of aromatic nitrogens is 2. The molecule has 0 saturated heterocycles. The zero-order chi connectivity index (χ0) is 14.2.